The largest absolute Gasteiger partial charge is 0.482 e. The maximum Gasteiger partial charge on any atom is 0.262 e. The molecule has 4 N–H and O–H groups in total. The Morgan fingerprint density at radius 1 is 1.58 bits per heavy atom. The van der Waals surface area contributed by atoms with Crippen LogP contribution in [-0.4, -0.2) is 24.0 Å². The first kappa shape index (κ1) is 13.4. The summed E-state index contributed by atoms with van der Waals surface area (Å²) in [6.45, 7) is 3.53. The van der Waals surface area contributed by atoms with Gasteiger partial charge in [0.15, 0.2) is 6.61 Å². The molecule has 0 aromatic heterocycles. The zero-order valence-corrected chi connectivity index (χ0v) is 10.9. The number of rotatable bonds is 3. The summed E-state index contributed by atoms with van der Waals surface area (Å²) >= 11 is 0. The lowest BCUT2D eigenvalue weighted by molar-refractivity contribution is -0.120. The average molecular weight is 263 g/mol. The van der Waals surface area contributed by atoms with E-state index < -0.39 is 5.54 Å². The van der Waals surface area contributed by atoms with E-state index in [4.69, 9.17) is 10.5 Å². The highest BCUT2D eigenvalue weighted by Gasteiger charge is 2.26. The van der Waals surface area contributed by atoms with Gasteiger partial charge in [0, 0.05) is 5.69 Å². The summed E-state index contributed by atoms with van der Waals surface area (Å²) in [6.07, 6.45) is 0.531. The van der Waals surface area contributed by atoms with Crippen molar-refractivity contribution in [1.29, 1.82) is 0 Å². The summed E-state index contributed by atoms with van der Waals surface area (Å²) in [7, 11) is 0. The van der Waals surface area contributed by atoms with E-state index in [0.29, 0.717) is 23.5 Å². The molecule has 1 aliphatic heterocycles. The van der Waals surface area contributed by atoms with Crippen molar-refractivity contribution in [3.8, 4) is 5.75 Å². The number of hydrogen-bond acceptors (Lipinski definition) is 4. The fraction of sp³-hybridized carbons (Fsp3) is 0.385. The van der Waals surface area contributed by atoms with E-state index in [1.165, 1.54) is 0 Å². The van der Waals surface area contributed by atoms with Crippen molar-refractivity contribution in [2.45, 2.75) is 25.8 Å². The number of nitrogens with two attached hydrogens (primary N) is 1. The SMILES string of the molecule is CCC(C)(N)C(=O)Nc1ccc2c(c1)NC(=O)CO2. The molecule has 1 unspecified atom stereocenters. The van der Waals surface area contributed by atoms with E-state index in [9.17, 15) is 9.59 Å². The monoisotopic (exact) mass is 263 g/mol. The quantitative estimate of drug-likeness (QED) is 0.760. The van der Waals surface area contributed by atoms with E-state index in [2.05, 4.69) is 10.6 Å². The third-order valence-electron chi connectivity index (χ3n) is 3.12. The number of ether oxygens (including phenoxy) is 1. The molecule has 0 saturated heterocycles. The molecule has 0 aliphatic carbocycles. The van der Waals surface area contributed by atoms with Crippen molar-refractivity contribution in [2.24, 2.45) is 5.73 Å². The van der Waals surface area contributed by atoms with Crippen molar-refractivity contribution < 1.29 is 14.3 Å². The first-order valence-corrected chi connectivity index (χ1v) is 6.09. The average Bonchev–Trinajstić information content (AvgIpc) is 2.38. The van der Waals surface area contributed by atoms with Gasteiger partial charge in [-0.1, -0.05) is 6.92 Å². The predicted octanol–water partition coefficient (Wildman–Crippen LogP) is 1.08. The van der Waals surface area contributed by atoms with E-state index in [-0.39, 0.29) is 18.4 Å². The molecule has 102 valence electrons. The molecule has 19 heavy (non-hydrogen) atoms. The Bertz CT molecular complexity index is 526. The van der Waals surface area contributed by atoms with Gasteiger partial charge >= 0.3 is 0 Å². The molecule has 0 saturated carbocycles. The van der Waals surface area contributed by atoms with Crippen LogP contribution in [0, 0.1) is 0 Å². The molecule has 2 amide bonds. The molecule has 0 spiro atoms. The summed E-state index contributed by atoms with van der Waals surface area (Å²) in [5.74, 6) is 0.106. The van der Waals surface area contributed by atoms with Crippen LogP contribution in [0.15, 0.2) is 18.2 Å². The van der Waals surface area contributed by atoms with Crippen LogP contribution in [0.1, 0.15) is 20.3 Å². The summed E-state index contributed by atoms with van der Waals surface area (Å²) in [5, 5.41) is 5.41. The number of carbonyl (C=O) groups is 2. The minimum atomic E-state index is -0.921. The highest BCUT2D eigenvalue weighted by Crippen LogP contribution is 2.30. The van der Waals surface area contributed by atoms with Crippen LogP contribution in [0.4, 0.5) is 11.4 Å². The fourth-order valence-electron chi connectivity index (χ4n) is 1.60. The zero-order valence-electron chi connectivity index (χ0n) is 10.9. The molecular formula is C13H17N3O3. The van der Waals surface area contributed by atoms with Crippen molar-refractivity contribution in [3.63, 3.8) is 0 Å². The summed E-state index contributed by atoms with van der Waals surface area (Å²) in [4.78, 5) is 23.2. The highest BCUT2D eigenvalue weighted by atomic mass is 16.5. The van der Waals surface area contributed by atoms with Crippen molar-refractivity contribution >= 4 is 23.2 Å². The number of fused-ring (bicyclic) bond motifs is 1. The van der Waals surface area contributed by atoms with Crippen LogP contribution >= 0.6 is 0 Å². The number of anilines is 2. The zero-order chi connectivity index (χ0) is 14.0. The Kier molecular flexibility index (Phi) is 3.44. The second kappa shape index (κ2) is 4.89. The summed E-state index contributed by atoms with van der Waals surface area (Å²) in [5.41, 5.74) is 6.05. The number of amides is 2. The second-order valence-electron chi connectivity index (χ2n) is 4.77. The molecule has 6 heteroatoms. The first-order valence-electron chi connectivity index (χ1n) is 6.09. The lowest BCUT2D eigenvalue weighted by atomic mass is 9.99. The van der Waals surface area contributed by atoms with Gasteiger partial charge in [-0.05, 0) is 31.5 Å². The second-order valence-corrected chi connectivity index (χ2v) is 4.77. The van der Waals surface area contributed by atoms with Crippen LogP contribution in [0.3, 0.4) is 0 Å². The van der Waals surface area contributed by atoms with Gasteiger partial charge in [-0.15, -0.1) is 0 Å². The van der Waals surface area contributed by atoms with Crippen molar-refractivity contribution in [2.75, 3.05) is 17.2 Å². The third-order valence-corrected chi connectivity index (χ3v) is 3.12. The van der Waals surface area contributed by atoms with Gasteiger partial charge in [0.05, 0.1) is 11.2 Å². The molecule has 0 bridgehead atoms. The van der Waals surface area contributed by atoms with E-state index in [0.717, 1.165) is 0 Å². The van der Waals surface area contributed by atoms with Gasteiger partial charge in [0.25, 0.3) is 5.91 Å². The van der Waals surface area contributed by atoms with Gasteiger partial charge in [0.1, 0.15) is 5.75 Å². The topological polar surface area (TPSA) is 93.5 Å². The lowest BCUT2D eigenvalue weighted by Gasteiger charge is -2.23. The van der Waals surface area contributed by atoms with Crippen LogP contribution in [0.25, 0.3) is 0 Å². The number of hydrogen-bond donors (Lipinski definition) is 3. The van der Waals surface area contributed by atoms with Crippen LogP contribution < -0.4 is 21.1 Å². The Hall–Kier alpha value is -2.08. The summed E-state index contributed by atoms with van der Waals surface area (Å²) in [6, 6.07) is 5.06. The highest BCUT2D eigenvalue weighted by molar-refractivity contribution is 6.00. The van der Waals surface area contributed by atoms with Gasteiger partial charge in [-0.25, -0.2) is 0 Å². The number of carbonyl (C=O) groups excluding carboxylic acids is 2. The number of nitrogens with one attached hydrogen (secondary N) is 2. The Labute approximate surface area is 111 Å². The Morgan fingerprint density at radius 2 is 2.32 bits per heavy atom. The smallest absolute Gasteiger partial charge is 0.262 e. The molecular weight excluding hydrogens is 246 g/mol. The van der Waals surface area contributed by atoms with Gasteiger partial charge in [0.2, 0.25) is 5.91 Å². The summed E-state index contributed by atoms with van der Waals surface area (Å²) < 4.78 is 5.23. The van der Waals surface area contributed by atoms with Crippen LogP contribution in [0.2, 0.25) is 0 Å². The molecule has 1 aromatic carbocycles. The number of benzene rings is 1. The van der Waals surface area contributed by atoms with Gasteiger partial charge in [-0.2, -0.15) is 0 Å². The fourth-order valence-corrected chi connectivity index (χ4v) is 1.60. The Balaban J connectivity index is 2.17. The van der Waals surface area contributed by atoms with E-state index >= 15 is 0 Å². The minimum absolute atomic E-state index is 0.00934. The molecule has 0 fully saturated rings. The predicted molar refractivity (Wildman–Crippen MR) is 72.1 cm³/mol. The van der Waals surface area contributed by atoms with Crippen LogP contribution in [0.5, 0.6) is 5.75 Å². The van der Waals surface area contributed by atoms with E-state index in [1.54, 1.807) is 25.1 Å². The minimum Gasteiger partial charge on any atom is -0.482 e. The molecule has 1 aromatic rings. The molecule has 0 radical (unpaired) electrons. The normalized spacial score (nSPS) is 16.7. The van der Waals surface area contributed by atoms with Gasteiger partial charge < -0.3 is 21.1 Å². The maximum absolute atomic E-state index is 11.9. The first-order chi connectivity index (χ1) is 8.92. The standard InChI is InChI=1S/C13H17N3O3/c1-3-13(2,14)12(18)15-8-4-5-10-9(6-8)16-11(17)7-19-10/h4-6H,3,7,14H2,1-2H3,(H,15,18)(H,16,17). The molecule has 6 nitrogen and oxygen atoms in total. The van der Waals surface area contributed by atoms with Crippen molar-refractivity contribution in [3.05, 3.63) is 18.2 Å². The third kappa shape index (κ3) is 2.85. The molecule has 2 rings (SSSR count). The Morgan fingerprint density at radius 3 is 3.00 bits per heavy atom. The van der Waals surface area contributed by atoms with Crippen LogP contribution in [-0.2, 0) is 9.59 Å². The molecule has 1 aliphatic rings. The van der Waals surface area contributed by atoms with E-state index in [1.807, 2.05) is 6.92 Å². The van der Waals surface area contributed by atoms with Crippen molar-refractivity contribution in [1.82, 2.24) is 0 Å². The van der Waals surface area contributed by atoms with Gasteiger partial charge in [-0.3, -0.25) is 9.59 Å². The molecule has 1 atom stereocenters. The maximum atomic E-state index is 11.9. The molecule has 1 heterocycles. The lowest BCUT2D eigenvalue weighted by Crippen LogP contribution is -2.47.